The van der Waals surface area contributed by atoms with Gasteiger partial charge in [0.1, 0.15) is 24.1 Å². The van der Waals surface area contributed by atoms with E-state index in [1.165, 1.54) is 31.2 Å². The Morgan fingerprint density at radius 2 is 1.70 bits per heavy atom. The van der Waals surface area contributed by atoms with Crippen molar-refractivity contribution in [2.24, 2.45) is 0 Å². The van der Waals surface area contributed by atoms with E-state index in [4.69, 9.17) is 9.47 Å². The second-order valence-corrected chi connectivity index (χ2v) is 11.8. The van der Waals surface area contributed by atoms with E-state index in [2.05, 4.69) is 21.2 Å². The molecule has 0 fully saturated rings. The number of carbonyl (C=O) groups excluding carboxylic acids is 2. The second kappa shape index (κ2) is 13.7. The number of amides is 2. The molecule has 214 valence electrons. The SMILES string of the molecule is CCC(C(=O)NC)N(Cc1cccc(OC)c1)C(=O)CN(c1ccc(C)cc1)S(=O)(=O)c1ccc(OC)c(Br)c1. The van der Waals surface area contributed by atoms with E-state index in [0.29, 0.717) is 28.1 Å². The van der Waals surface area contributed by atoms with Gasteiger partial charge >= 0.3 is 0 Å². The maximum Gasteiger partial charge on any atom is 0.264 e. The van der Waals surface area contributed by atoms with E-state index in [9.17, 15) is 18.0 Å². The number of aryl methyl sites for hydroxylation is 1. The number of hydrogen-bond donors (Lipinski definition) is 1. The van der Waals surface area contributed by atoms with Crippen molar-refractivity contribution in [1.82, 2.24) is 10.2 Å². The number of sulfonamides is 1. The first-order valence-electron chi connectivity index (χ1n) is 12.6. The maximum absolute atomic E-state index is 14.0. The number of benzene rings is 3. The van der Waals surface area contributed by atoms with Crippen LogP contribution in [0.4, 0.5) is 5.69 Å². The summed E-state index contributed by atoms with van der Waals surface area (Å²) in [6.07, 6.45) is 0.331. The summed E-state index contributed by atoms with van der Waals surface area (Å²) in [5.41, 5.74) is 1.99. The lowest BCUT2D eigenvalue weighted by Crippen LogP contribution is -2.51. The van der Waals surface area contributed by atoms with Gasteiger partial charge in [0.2, 0.25) is 11.8 Å². The third-order valence-electron chi connectivity index (χ3n) is 6.43. The molecule has 1 unspecified atom stereocenters. The molecule has 3 rings (SSSR count). The lowest BCUT2D eigenvalue weighted by atomic mass is 10.1. The number of ether oxygens (including phenoxy) is 2. The van der Waals surface area contributed by atoms with Crippen molar-refractivity contribution in [3.63, 3.8) is 0 Å². The number of nitrogens with one attached hydrogen (secondary N) is 1. The molecule has 1 atom stereocenters. The number of carbonyl (C=O) groups is 2. The Labute approximate surface area is 244 Å². The second-order valence-electron chi connectivity index (χ2n) is 9.06. The molecular weight excluding hydrogens is 598 g/mol. The fourth-order valence-corrected chi connectivity index (χ4v) is 6.36. The molecule has 11 heteroatoms. The van der Waals surface area contributed by atoms with Gasteiger partial charge < -0.3 is 19.7 Å². The van der Waals surface area contributed by atoms with Crippen molar-refractivity contribution in [2.45, 2.75) is 37.8 Å². The smallest absolute Gasteiger partial charge is 0.264 e. The largest absolute Gasteiger partial charge is 0.497 e. The Morgan fingerprint density at radius 3 is 2.27 bits per heavy atom. The summed E-state index contributed by atoms with van der Waals surface area (Å²) >= 11 is 3.35. The van der Waals surface area contributed by atoms with Crippen molar-refractivity contribution in [3.8, 4) is 11.5 Å². The van der Waals surface area contributed by atoms with Gasteiger partial charge in [0.05, 0.1) is 29.3 Å². The highest BCUT2D eigenvalue weighted by Crippen LogP contribution is 2.31. The Hall–Kier alpha value is -3.57. The third kappa shape index (κ3) is 7.14. The van der Waals surface area contributed by atoms with E-state index < -0.39 is 28.5 Å². The summed E-state index contributed by atoms with van der Waals surface area (Å²) in [5.74, 6) is 0.196. The molecule has 0 aliphatic heterocycles. The van der Waals surface area contributed by atoms with Crippen LogP contribution in [0.25, 0.3) is 0 Å². The van der Waals surface area contributed by atoms with Crippen LogP contribution in [0.15, 0.2) is 76.1 Å². The Bertz CT molecular complexity index is 1450. The van der Waals surface area contributed by atoms with Crippen LogP contribution in [-0.2, 0) is 26.2 Å². The highest BCUT2D eigenvalue weighted by atomic mass is 79.9. The van der Waals surface area contributed by atoms with Gasteiger partial charge in [0.15, 0.2) is 0 Å². The standard InChI is InChI=1S/C29H34BrN3O6S/c1-6-26(29(35)31-3)32(18-21-8-7-9-23(16-21)38-4)28(34)19-33(22-12-10-20(2)11-13-22)40(36,37)24-14-15-27(39-5)25(30)17-24/h7-17,26H,6,18-19H2,1-5H3,(H,31,35). The van der Waals surface area contributed by atoms with Gasteiger partial charge in [-0.25, -0.2) is 8.42 Å². The number of likely N-dealkylation sites (N-methyl/N-ethyl adjacent to an activating group) is 1. The quantitative estimate of drug-likeness (QED) is 0.315. The number of halogens is 1. The van der Waals surface area contributed by atoms with Crippen molar-refractivity contribution in [3.05, 3.63) is 82.3 Å². The average Bonchev–Trinajstić information content (AvgIpc) is 2.95. The van der Waals surface area contributed by atoms with Crippen LogP contribution < -0.4 is 19.1 Å². The van der Waals surface area contributed by atoms with Gasteiger partial charge in [-0.2, -0.15) is 0 Å². The summed E-state index contributed by atoms with van der Waals surface area (Å²) in [5, 5.41) is 2.62. The fraction of sp³-hybridized carbons (Fsp3) is 0.310. The third-order valence-corrected chi connectivity index (χ3v) is 8.82. The zero-order valence-electron chi connectivity index (χ0n) is 23.2. The molecule has 3 aromatic carbocycles. The molecule has 0 saturated heterocycles. The van der Waals surface area contributed by atoms with Crippen LogP contribution in [0, 0.1) is 6.92 Å². The fourth-order valence-electron chi connectivity index (χ4n) is 4.23. The zero-order valence-corrected chi connectivity index (χ0v) is 25.6. The van der Waals surface area contributed by atoms with Gasteiger partial charge in [0.25, 0.3) is 10.0 Å². The highest BCUT2D eigenvalue weighted by molar-refractivity contribution is 9.10. The molecule has 2 amide bonds. The van der Waals surface area contributed by atoms with Crippen LogP contribution >= 0.6 is 15.9 Å². The Kier molecular flexibility index (Phi) is 10.6. The molecule has 1 N–H and O–H groups in total. The summed E-state index contributed by atoms with van der Waals surface area (Å²) in [4.78, 5) is 28.2. The summed E-state index contributed by atoms with van der Waals surface area (Å²) in [6, 6.07) is 17.6. The van der Waals surface area contributed by atoms with Gasteiger partial charge in [0, 0.05) is 13.6 Å². The van der Waals surface area contributed by atoms with Crippen LogP contribution in [0.5, 0.6) is 11.5 Å². The van der Waals surface area contributed by atoms with Crippen LogP contribution in [0.2, 0.25) is 0 Å². The number of rotatable bonds is 12. The molecule has 0 aliphatic carbocycles. The highest BCUT2D eigenvalue weighted by Gasteiger charge is 2.33. The predicted octanol–water partition coefficient (Wildman–Crippen LogP) is 4.52. The first-order chi connectivity index (χ1) is 19.0. The van der Waals surface area contributed by atoms with Gasteiger partial charge in [-0.1, -0.05) is 36.8 Å². The summed E-state index contributed by atoms with van der Waals surface area (Å²) < 4.78 is 40.1. The molecule has 0 bridgehead atoms. The zero-order chi connectivity index (χ0) is 29.4. The topological polar surface area (TPSA) is 105 Å². The number of hydrogen-bond acceptors (Lipinski definition) is 6. The Balaban J connectivity index is 2.08. The van der Waals surface area contributed by atoms with Crippen LogP contribution in [0.3, 0.4) is 0 Å². The summed E-state index contributed by atoms with van der Waals surface area (Å²) in [7, 11) is 0.329. The van der Waals surface area contributed by atoms with Crippen LogP contribution in [0.1, 0.15) is 24.5 Å². The predicted molar refractivity (Wildman–Crippen MR) is 158 cm³/mol. The van der Waals surface area contributed by atoms with E-state index >= 15 is 0 Å². The van der Waals surface area contributed by atoms with E-state index in [1.54, 1.807) is 62.6 Å². The minimum Gasteiger partial charge on any atom is -0.497 e. The van der Waals surface area contributed by atoms with Crippen molar-refractivity contribution in [2.75, 3.05) is 32.1 Å². The van der Waals surface area contributed by atoms with Gasteiger partial charge in [-0.15, -0.1) is 0 Å². The lowest BCUT2D eigenvalue weighted by Gasteiger charge is -2.33. The Morgan fingerprint density at radius 1 is 1.00 bits per heavy atom. The monoisotopic (exact) mass is 631 g/mol. The van der Waals surface area contributed by atoms with Gasteiger partial charge in [-0.3, -0.25) is 13.9 Å². The molecule has 0 saturated carbocycles. The average molecular weight is 633 g/mol. The molecule has 0 aliphatic rings. The maximum atomic E-state index is 14.0. The molecule has 0 aromatic heterocycles. The van der Waals surface area contributed by atoms with Crippen LogP contribution in [-0.4, -0.2) is 59.0 Å². The minimum absolute atomic E-state index is 0.0220. The first-order valence-corrected chi connectivity index (χ1v) is 14.9. The summed E-state index contributed by atoms with van der Waals surface area (Å²) in [6.45, 7) is 3.25. The molecule has 0 spiro atoms. The molecule has 0 heterocycles. The molecule has 3 aromatic rings. The van der Waals surface area contributed by atoms with E-state index in [0.717, 1.165) is 15.4 Å². The lowest BCUT2D eigenvalue weighted by molar-refractivity contribution is -0.140. The molecule has 40 heavy (non-hydrogen) atoms. The molecular formula is C29H34BrN3O6S. The van der Waals surface area contributed by atoms with Crippen molar-refractivity contribution < 1.29 is 27.5 Å². The van der Waals surface area contributed by atoms with E-state index in [-0.39, 0.29) is 17.3 Å². The molecule has 9 nitrogen and oxygen atoms in total. The normalized spacial score (nSPS) is 11.8. The van der Waals surface area contributed by atoms with E-state index in [1.807, 2.05) is 13.0 Å². The molecule has 0 radical (unpaired) electrons. The van der Waals surface area contributed by atoms with Crippen molar-refractivity contribution >= 4 is 43.5 Å². The first kappa shape index (κ1) is 31.0. The van der Waals surface area contributed by atoms with Gasteiger partial charge in [-0.05, 0) is 77.3 Å². The van der Waals surface area contributed by atoms with Crippen molar-refractivity contribution in [1.29, 1.82) is 0 Å². The minimum atomic E-state index is -4.21. The number of anilines is 1. The number of nitrogens with zero attached hydrogens (tertiary/aromatic N) is 2. The number of methoxy groups -OCH3 is 2.